The van der Waals surface area contributed by atoms with Gasteiger partial charge in [0.1, 0.15) is 0 Å². The van der Waals surface area contributed by atoms with Crippen LogP contribution in [0.25, 0.3) is 22.8 Å². The Balaban J connectivity index is 1.31. The minimum Gasteiger partial charge on any atom is -0.339 e. The fourth-order valence-corrected chi connectivity index (χ4v) is 3.61. The van der Waals surface area contributed by atoms with Crippen LogP contribution in [0.4, 0.5) is 0 Å². The molecule has 0 amide bonds. The van der Waals surface area contributed by atoms with E-state index in [-0.39, 0.29) is 0 Å². The van der Waals surface area contributed by atoms with Crippen LogP contribution < -0.4 is 0 Å². The Morgan fingerprint density at radius 3 is 2.57 bits per heavy atom. The molecule has 0 N–H and O–H groups in total. The van der Waals surface area contributed by atoms with Gasteiger partial charge in [0.15, 0.2) is 11.0 Å². The van der Waals surface area contributed by atoms with Crippen LogP contribution in [0, 0.1) is 6.92 Å². The topological polar surface area (TPSA) is 82.5 Å². The smallest absolute Gasteiger partial charge is 0.226 e. The molecule has 4 aromatic rings. The molecular weight excluding hydrogens is 372 g/mol. The summed E-state index contributed by atoms with van der Waals surface area (Å²) in [5.74, 6) is 3.01. The highest BCUT2D eigenvalue weighted by Crippen LogP contribution is 2.24. The molecule has 0 bridgehead atoms. The fourth-order valence-electron chi connectivity index (χ4n) is 2.76. The fraction of sp³-hybridized carbons (Fsp3) is 0.250. The van der Waals surface area contributed by atoms with Gasteiger partial charge < -0.3 is 9.09 Å². The van der Waals surface area contributed by atoms with Gasteiger partial charge in [-0.05, 0) is 25.5 Å². The third kappa shape index (κ3) is 4.12. The first kappa shape index (κ1) is 18.4. The van der Waals surface area contributed by atoms with Gasteiger partial charge in [-0.1, -0.05) is 46.7 Å². The second kappa shape index (κ2) is 8.35. The standard InChI is InChI=1S/C20H20N6OS/c1-14-5-7-16(8-6-14)19-23-24-20(26(19)2)28-13-3-4-17-22-18(25-27-17)15-9-11-21-12-10-15/h5-12H,3-4,13H2,1-2H3. The van der Waals surface area contributed by atoms with Crippen LogP contribution in [0.15, 0.2) is 58.5 Å². The Hall–Kier alpha value is -3.00. The van der Waals surface area contributed by atoms with E-state index < -0.39 is 0 Å². The molecule has 0 unspecified atom stereocenters. The number of aromatic nitrogens is 6. The van der Waals surface area contributed by atoms with Crippen LogP contribution in [-0.4, -0.2) is 35.6 Å². The quantitative estimate of drug-likeness (QED) is 0.348. The minimum atomic E-state index is 0.598. The maximum atomic E-state index is 5.34. The van der Waals surface area contributed by atoms with E-state index in [9.17, 15) is 0 Å². The molecule has 1 aromatic carbocycles. The van der Waals surface area contributed by atoms with E-state index in [1.54, 1.807) is 24.2 Å². The van der Waals surface area contributed by atoms with Gasteiger partial charge in [0, 0.05) is 42.7 Å². The van der Waals surface area contributed by atoms with Gasteiger partial charge in [-0.25, -0.2) is 0 Å². The molecule has 7 nitrogen and oxygen atoms in total. The Kier molecular flexibility index (Phi) is 5.48. The molecule has 3 heterocycles. The molecule has 0 aliphatic rings. The lowest BCUT2D eigenvalue weighted by Crippen LogP contribution is -1.96. The van der Waals surface area contributed by atoms with Gasteiger partial charge in [-0.2, -0.15) is 4.98 Å². The average Bonchev–Trinajstić information content (AvgIpc) is 3.34. The lowest BCUT2D eigenvalue weighted by molar-refractivity contribution is 0.378. The Labute approximate surface area is 167 Å². The largest absolute Gasteiger partial charge is 0.339 e. The molecule has 0 spiro atoms. The number of thioether (sulfide) groups is 1. The van der Waals surface area contributed by atoms with Crippen LogP contribution in [0.2, 0.25) is 0 Å². The van der Waals surface area contributed by atoms with Gasteiger partial charge in [0.05, 0.1) is 0 Å². The third-order valence-corrected chi connectivity index (χ3v) is 5.42. The highest BCUT2D eigenvalue weighted by atomic mass is 32.2. The molecule has 0 aliphatic carbocycles. The van der Waals surface area contributed by atoms with Crippen LogP contribution in [0.3, 0.4) is 0 Å². The maximum Gasteiger partial charge on any atom is 0.226 e. The molecule has 0 atom stereocenters. The Morgan fingerprint density at radius 2 is 1.79 bits per heavy atom. The first-order valence-corrected chi connectivity index (χ1v) is 10.0. The van der Waals surface area contributed by atoms with Crippen LogP contribution >= 0.6 is 11.8 Å². The van der Waals surface area contributed by atoms with Crippen molar-refractivity contribution >= 4 is 11.8 Å². The highest BCUT2D eigenvalue weighted by molar-refractivity contribution is 7.99. The minimum absolute atomic E-state index is 0.598. The number of aryl methyl sites for hydroxylation is 2. The van der Waals surface area contributed by atoms with E-state index >= 15 is 0 Å². The first-order valence-electron chi connectivity index (χ1n) is 9.03. The van der Waals surface area contributed by atoms with E-state index in [1.807, 2.05) is 23.7 Å². The highest BCUT2D eigenvalue weighted by Gasteiger charge is 2.12. The Morgan fingerprint density at radius 1 is 1.00 bits per heavy atom. The zero-order valence-electron chi connectivity index (χ0n) is 15.7. The van der Waals surface area contributed by atoms with Crippen molar-refractivity contribution in [1.82, 2.24) is 29.9 Å². The van der Waals surface area contributed by atoms with E-state index in [2.05, 4.69) is 56.5 Å². The summed E-state index contributed by atoms with van der Waals surface area (Å²) in [6.07, 6.45) is 5.07. The molecular formula is C20H20N6OS. The maximum absolute atomic E-state index is 5.34. The summed E-state index contributed by atoms with van der Waals surface area (Å²) >= 11 is 1.68. The SMILES string of the molecule is Cc1ccc(-c2nnc(SCCCc3nc(-c4ccncc4)no3)n2C)cc1. The van der Waals surface area contributed by atoms with E-state index in [4.69, 9.17) is 4.52 Å². The van der Waals surface area contributed by atoms with Crippen molar-refractivity contribution in [2.24, 2.45) is 7.05 Å². The van der Waals surface area contributed by atoms with Crippen LogP contribution in [-0.2, 0) is 13.5 Å². The zero-order chi connectivity index (χ0) is 19.3. The average molecular weight is 392 g/mol. The number of benzene rings is 1. The number of hydrogen-bond acceptors (Lipinski definition) is 7. The second-order valence-electron chi connectivity index (χ2n) is 6.43. The predicted molar refractivity (Wildman–Crippen MR) is 108 cm³/mol. The van der Waals surface area contributed by atoms with Crippen molar-refractivity contribution in [2.75, 3.05) is 5.75 Å². The van der Waals surface area contributed by atoms with Gasteiger partial charge in [-0.3, -0.25) is 4.98 Å². The van der Waals surface area contributed by atoms with Crippen LogP contribution in [0.5, 0.6) is 0 Å². The molecule has 28 heavy (non-hydrogen) atoms. The monoisotopic (exact) mass is 392 g/mol. The molecule has 0 saturated heterocycles. The molecule has 3 aromatic heterocycles. The number of hydrogen-bond donors (Lipinski definition) is 0. The summed E-state index contributed by atoms with van der Waals surface area (Å²) in [5.41, 5.74) is 3.21. The van der Waals surface area contributed by atoms with Gasteiger partial charge in [0.25, 0.3) is 0 Å². The molecule has 0 radical (unpaired) electrons. The summed E-state index contributed by atoms with van der Waals surface area (Å²) < 4.78 is 7.37. The van der Waals surface area contributed by atoms with Crippen molar-refractivity contribution in [1.29, 1.82) is 0 Å². The molecule has 0 saturated carbocycles. The van der Waals surface area contributed by atoms with Gasteiger partial charge in [-0.15, -0.1) is 10.2 Å². The van der Waals surface area contributed by atoms with Crippen molar-refractivity contribution in [3.05, 3.63) is 60.2 Å². The van der Waals surface area contributed by atoms with Gasteiger partial charge >= 0.3 is 0 Å². The van der Waals surface area contributed by atoms with Gasteiger partial charge in [0.2, 0.25) is 11.7 Å². The van der Waals surface area contributed by atoms with Crippen LogP contribution in [0.1, 0.15) is 17.9 Å². The van der Waals surface area contributed by atoms with Crippen molar-refractivity contribution in [2.45, 2.75) is 24.9 Å². The molecule has 142 valence electrons. The van der Waals surface area contributed by atoms with Crippen molar-refractivity contribution < 1.29 is 4.52 Å². The zero-order valence-corrected chi connectivity index (χ0v) is 16.6. The van der Waals surface area contributed by atoms with E-state index in [1.165, 1.54) is 5.56 Å². The summed E-state index contributed by atoms with van der Waals surface area (Å²) in [7, 11) is 2.00. The number of rotatable bonds is 7. The predicted octanol–water partition coefficient (Wildman–Crippen LogP) is 3.96. The van der Waals surface area contributed by atoms with E-state index in [0.717, 1.165) is 40.7 Å². The molecule has 0 fully saturated rings. The third-order valence-electron chi connectivity index (χ3n) is 4.32. The van der Waals surface area contributed by atoms with E-state index in [0.29, 0.717) is 11.7 Å². The molecule has 0 aliphatic heterocycles. The Bertz CT molecular complexity index is 1040. The second-order valence-corrected chi connectivity index (χ2v) is 7.49. The lowest BCUT2D eigenvalue weighted by Gasteiger charge is -2.04. The lowest BCUT2D eigenvalue weighted by atomic mass is 10.1. The molecule has 8 heteroatoms. The number of nitrogens with zero attached hydrogens (tertiary/aromatic N) is 6. The summed E-state index contributed by atoms with van der Waals surface area (Å²) in [4.78, 5) is 8.44. The number of pyridine rings is 1. The van der Waals surface area contributed by atoms with Crippen molar-refractivity contribution in [3.8, 4) is 22.8 Å². The summed E-state index contributed by atoms with van der Waals surface area (Å²) in [6.45, 7) is 2.07. The van der Waals surface area contributed by atoms with Crippen molar-refractivity contribution in [3.63, 3.8) is 0 Å². The summed E-state index contributed by atoms with van der Waals surface area (Å²) in [5, 5.41) is 13.6. The first-order chi connectivity index (χ1) is 13.7. The summed E-state index contributed by atoms with van der Waals surface area (Å²) in [6, 6.07) is 12.0. The molecule has 4 rings (SSSR count). The normalized spacial score (nSPS) is 11.1.